The third-order valence-corrected chi connectivity index (χ3v) is 5.07. The molecule has 128 valence electrons. The number of nitrogens with zero attached hydrogens (tertiary/aromatic N) is 2. The van der Waals surface area contributed by atoms with E-state index in [9.17, 15) is 4.79 Å². The minimum Gasteiger partial charge on any atom is -0.457 e. The lowest BCUT2D eigenvalue weighted by atomic mass is 10.3. The van der Waals surface area contributed by atoms with Gasteiger partial charge in [-0.2, -0.15) is 0 Å². The number of aromatic nitrogens is 2. The second kappa shape index (κ2) is 8.50. The van der Waals surface area contributed by atoms with Crippen LogP contribution in [-0.2, 0) is 4.79 Å². The number of ether oxygens (including phenoxy) is 1. The highest BCUT2D eigenvalue weighted by atomic mass is 32.2. The van der Waals surface area contributed by atoms with E-state index in [4.69, 9.17) is 4.74 Å². The third-order valence-electron chi connectivity index (χ3n) is 3.10. The van der Waals surface area contributed by atoms with Crippen molar-refractivity contribution in [2.75, 3.05) is 18.1 Å². The number of amides is 1. The molecule has 2 N–H and O–H groups in total. The van der Waals surface area contributed by atoms with Gasteiger partial charge in [-0.05, 0) is 36.4 Å². The van der Waals surface area contributed by atoms with E-state index in [1.807, 2.05) is 54.6 Å². The van der Waals surface area contributed by atoms with E-state index in [1.165, 1.54) is 23.1 Å². The van der Waals surface area contributed by atoms with E-state index in [2.05, 4.69) is 20.8 Å². The third kappa shape index (κ3) is 5.20. The Morgan fingerprint density at radius 2 is 1.80 bits per heavy atom. The predicted octanol–water partition coefficient (Wildman–Crippen LogP) is 3.91. The summed E-state index contributed by atoms with van der Waals surface area (Å²) < 4.78 is 6.50. The van der Waals surface area contributed by atoms with Crippen LogP contribution < -0.4 is 15.4 Å². The average Bonchev–Trinajstić information content (AvgIpc) is 3.09. The molecule has 0 saturated heterocycles. The Labute approximate surface area is 153 Å². The quantitative estimate of drug-likeness (QED) is 0.613. The van der Waals surface area contributed by atoms with Crippen LogP contribution in [0, 0.1) is 0 Å². The molecule has 2 aromatic carbocycles. The molecule has 0 unspecified atom stereocenters. The van der Waals surface area contributed by atoms with Crippen LogP contribution in [0.3, 0.4) is 0 Å². The van der Waals surface area contributed by atoms with Crippen molar-refractivity contribution in [2.24, 2.45) is 0 Å². The molecule has 0 aliphatic carbocycles. The summed E-state index contributed by atoms with van der Waals surface area (Å²) >= 11 is 2.77. The van der Waals surface area contributed by atoms with E-state index in [-0.39, 0.29) is 5.91 Å². The second-order valence-corrected chi connectivity index (χ2v) is 7.10. The van der Waals surface area contributed by atoms with Gasteiger partial charge < -0.3 is 15.4 Å². The summed E-state index contributed by atoms with van der Waals surface area (Å²) in [6.45, 7) is 0. The molecule has 8 heteroatoms. The van der Waals surface area contributed by atoms with Crippen molar-refractivity contribution in [1.82, 2.24) is 15.5 Å². The predicted molar refractivity (Wildman–Crippen MR) is 101 cm³/mol. The van der Waals surface area contributed by atoms with Crippen molar-refractivity contribution in [3.63, 3.8) is 0 Å². The number of hydrogen-bond acceptors (Lipinski definition) is 7. The summed E-state index contributed by atoms with van der Waals surface area (Å²) in [6.07, 6.45) is 0. The van der Waals surface area contributed by atoms with Crippen molar-refractivity contribution in [2.45, 2.75) is 4.34 Å². The van der Waals surface area contributed by atoms with Gasteiger partial charge in [-0.25, -0.2) is 0 Å². The van der Waals surface area contributed by atoms with Gasteiger partial charge >= 0.3 is 0 Å². The minimum atomic E-state index is -0.0382. The molecular weight excluding hydrogens is 356 g/mol. The summed E-state index contributed by atoms with van der Waals surface area (Å²) in [6, 6.07) is 17.2. The van der Waals surface area contributed by atoms with Crippen molar-refractivity contribution >= 4 is 39.8 Å². The van der Waals surface area contributed by atoms with Gasteiger partial charge in [0.2, 0.25) is 11.0 Å². The topological polar surface area (TPSA) is 76.1 Å². The zero-order valence-corrected chi connectivity index (χ0v) is 15.1. The first kappa shape index (κ1) is 17.2. The highest BCUT2D eigenvalue weighted by Gasteiger charge is 2.07. The van der Waals surface area contributed by atoms with Crippen LogP contribution in [0.4, 0.5) is 10.8 Å². The second-order valence-electron chi connectivity index (χ2n) is 4.90. The number of anilines is 2. The Morgan fingerprint density at radius 1 is 1.08 bits per heavy atom. The maximum atomic E-state index is 11.2. The van der Waals surface area contributed by atoms with Gasteiger partial charge in [0, 0.05) is 12.7 Å². The molecule has 0 aliphatic rings. The minimum absolute atomic E-state index is 0.0382. The van der Waals surface area contributed by atoms with E-state index in [1.54, 1.807) is 7.05 Å². The first-order valence-corrected chi connectivity index (χ1v) is 9.30. The Kier molecular flexibility index (Phi) is 5.86. The normalized spacial score (nSPS) is 10.3. The maximum absolute atomic E-state index is 11.2. The zero-order chi connectivity index (χ0) is 17.5. The Bertz CT molecular complexity index is 822. The molecule has 6 nitrogen and oxygen atoms in total. The van der Waals surface area contributed by atoms with Gasteiger partial charge in [0.15, 0.2) is 4.34 Å². The summed E-state index contributed by atoms with van der Waals surface area (Å²) in [5.41, 5.74) is 0.888. The van der Waals surface area contributed by atoms with E-state index in [0.717, 1.165) is 21.5 Å². The van der Waals surface area contributed by atoms with Crippen LogP contribution in [-0.4, -0.2) is 28.9 Å². The molecule has 3 aromatic rings. The molecule has 3 rings (SSSR count). The van der Waals surface area contributed by atoms with E-state index in [0.29, 0.717) is 10.9 Å². The fourth-order valence-electron chi connectivity index (χ4n) is 1.87. The number of thioether (sulfide) groups is 1. The molecule has 0 radical (unpaired) electrons. The summed E-state index contributed by atoms with van der Waals surface area (Å²) in [4.78, 5) is 11.2. The van der Waals surface area contributed by atoms with Gasteiger partial charge in [-0.3, -0.25) is 4.79 Å². The molecular formula is C17H16N4O2S2. The molecule has 1 aromatic heterocycles. The standard InChI is InChI=1S/C17H16N4O2S2/c1-18-15(22)11-24-17-21-20-16(25-17)19-12-7-9-14(10-8-12)23-13-5-3-2-4-6-13/h2-10H,11H2,1H3,(H,18,22)(H,19,20). The largest absolute Gasteiger partial charge is 0.457 e. The molecule has 0 saturated carbocycles. The summed E-state index contributed by atoms with van der Waals surface area (Å²) in [7, 11) is 1.61. The number of hydrogen-bond donors (Lipinski definition) is 2. The number of nitrogens with one attached hydrogen (secondary N) is 2. The van der Waals surface area contributed by atoms with Crippen molar-refractivity contribution < 1.29 is 9.53 Å². The first-order chi connectivity index (χ1) is 12.2. The van der Waals surface area contributed by atoms with Gasteiger partial charge in [0.1, 0.15) is 11.5 Å². The SMILES string of the molecule is CNC(=O)CSc1nnc(Nc2ccc(Oc3ccccc3)cc2)s1. The van der Waals surface area contributed by atoms with Crippen LogP contribution in [0.5, 0.6) is 11.5 Å². The molecule has 0 bridgehead atoms. The van der Waals surface area contributed by atoms with Gasteiger partial charge in [-0.1, -0.05) is 41.3 Å². The van der Waals surface area contributed by atoms with Gasteiger partial charge in [-0.15, -0.1) is 10.2 Å². The summed E-state index contributed by atoms with van der Waals surface area (Å²) in [5.74, 6) is 1.85. The number of rotatable bonds is 7. The number of para-hydroxylation sites is 1. The van der Waals surface area contributed by atoms with Crippen LogP contribution in [0.1, 0.15) is 0 Å². The van der Waals surface area contributed by atoms with E-state index < -0.39 is 0 Å². The maximum Gasteiger partial charge on any atom is 0.230 e. The Balaban J connectivity index is 1.56. The lowest BCUT2D eigenvalue weighted by Crippen LogP contribution is -2.19. The molecule has 0 spiro atoms. The van der Waals surface area contributed by atoms with Crippen LogP contribution in [0.15, 0.2) is 58.9 Å². The number of benzene rings is 2. The fraction of sp³-hybridized carbons (Fsp3) is 0.118. The van der Waals surface area contributed by atoms with Gasteiger partial charge in [0.05, 0.1) is 5.75 Å². The van der Waals surface area contributed by atoms with Crippen molar-refractivity contribution in [3.05, 3.63) is 54.6 Å². The molecule has 0 fully saturated rings. The van der Waals surface area contributed by atoms with Crippen LogP contribution in [0.2, 0.25) is 0 Å². The van der Waals surface area contributed by atoms with Crippen molar-refractivity contribution in [3.8, 4) is 11.5 Å². The highest BCUT2D eigenvalue weighted by molar-refractivity contribution is 8.01. The highest BCUT2D eigenvalue weighted by Crippen LogP contribution is 2.29. The molecule has 1 heterocycles. The monoisotopic (exact) mass is 372 g/mol. The van der Waals surface area contributed by atoms with Crippen molar-refractivity contribution in [1.29, 1.82) is 0 Å². The van der Waals surface area contributed by atoms with Gasteiger partial charge in [0.25, 0.3) is 0 Å². The molecule has 1 amide bonds. The number of carbonyl (C=O) groups excluding carboxylic acids is 1. The zero-order valence-electron chi connectivity index (χ0n) is 13.4. The Morgan fingerprint density at radius 3 is 2.52 bits per heavy atom. The van der Waals surface area contributed by atoms with E-state index >= 15 is 0 Å². The molecule has 0 aliphatic heterocycles. The lowest BCUT2D eigenvalue weighted by molar-refractivity contribution is -0.118. The Hall–Kier alpha value is -2.58. The van der Waals surface area contributed by atoms with Crippen LogP contribution >= 0.6 is 23.1 Å². The smallest absolute Gasteiger partial charge is 0.230 e. The van der Waals surface area contributed by atoms with Crippen LogP contribution in [0.25, 0.3) is 0 Å². The fourth-order valence-corrected chi connectivity index (χ4v) is 3.52. The first-order valence-electron chi connectivity index (χ1n) is 7.50. The molecule has 0 atom stereocenters. The lowest BCUT2D eigenvalue weighted by Gasteiger charge is -2.06. The molecule has 25 heavy (non-hydrogen) atoms. The number of carbonyl (C=O) groups is 1. The average molecular weight is 372 g/mol. The summed E-state index contributed by atoms with van der Waals surface area (Å²) in [5, 5.41) is 14.6.